The molecule has 0 spiro atoms. The van der Waals surface area contributed by atoms with Gasteiger partial charge in [-0.1, -0.05) is 54.6 Å². The van der Waals surface area contributed by atoms with E-state index in [0.29, 0.717) is 33.9 Å². The topological polar surface area (TPSA) is 121 Å². The molecule has 8 nitrogen and oxygen atoms in total. The minimum Gasteiger partial charge on any atom is -0.477 e. The lowest BCUT2D eigenvalue weighted by atomic mass is 9.65. The Morgan fingerprint density at radius 1 is 0.672 bits per heavy atom. The number of rotatable bonds is 5. The van der Waals surface area contributed by atoms with E-state index >= 15 is 0 Å². The zero-order chi connectivity index (χ0) is 44.1. The van der Waals surface area contributed by atoms with Gasteiger partial charge in [0.05, 0.1) is 9.75 Å². The van der Waals surface area contributed by atoms with Crippen molar-refractivity contribution in [3.8, 4) is 0 Å². The second kappa shape index (κ2) is 20.8. The van der Waals surface area contributed by atoms with E-state index in [0.717, 1.165) is 36.9 Å². The average molecular weight is 962 g/mol. The van der Waals surface area contributed by atoms with Crippen LogP contribution in [-0.4, -0.2) is 79.4 Å². The maximum Gasteiger partial charge on any atom is 0.345 e. The van der Waals surface area contributed by atoms with Gasteiger partial charge >= 0.3 is 5.97 Å². The second-order valence-electron chi connectivity index (χ2n) is 16.9. The van der Waals surface area contributed by atoms with Gasteiger partial charge in [-0.3, -0.25) is 19.4 Å². The fraction of sp³-hybridized carbons (Fsp3) is 0.413. The Hall–Kier alpha value is -2.75. The van der Waals surface area contributed by atoms with Crippen LogP contribution in [0, 0.1) is 17.8 Å². The van der Waals surface area contributed by atoms with Crippen molar-refractivity contribution in [3.05, 3.63) is 106 Å². The summed E-state index contributed by atoms with van der Waals surface area (Å²) < 4.78 is 12.4. The molecule has 9 heterocycles. The Morgan fingerprint density at radius 3 is 1.43 bits per heavy atom. The first kappa shape index (κ1) is 47.7. The van der Waals surface area contributed by atoms with Gasteiger partial charge in [0, 0.05) is 59.0 Å². The van der Waals surface area contributed by atoms with Crippen LogP contribution in [0.2, 0.25) is 0 Å². The van der Waals surface area contributed by atoms with Gasteiger partial charge in [-0.15, -0.1) is 34.0 Å². The number of hydrogen-bond donors (Lipinski definition) is 2. The molecule has 6 aliphatic heterocycles. The van der Waals surface area contributed by atoms with Crippen molar-refractivity contribution in [1.82, 2.24) is 9.80 Å². The summed E-state index contributed by atoms with van der Waals surface area (Å²) in [5, 5.41) is 11.6. The normalized spacial score (nSPS) is 24.0. The van der Waals surface area contributed by atoms with Crippen molar-refractivity contribution in [2.24, 2.45) is 23.5 Å². The molecule has 0 amide bonds. The summed E-state index contributed by atoms with van der Waals surface area (Å²) in [6.07, 6.45) is 5.90. The van der Waals surface area contributed by atoms with E-state index in [4.69, 9.17) is 26.7 Å². The van der Waals surface area contributed by atoms with Crippen LogP contribution in [0.5, 0.6) is 0 Å². The highest BCUT2D eigenvalue weighted by atomic mass is 36.0. The molecule has 0 aliphatic carbocycles. The molecule has 61 heavy (non-hydrogen) atoms. The highest BCUT2D eigenvalue weighted by Gasteiger charge is 2.48. The smallest absolute Gasteiger partial charge is 0.345 e. The van der Waals surface area contributed by atoms with E-state index in [-0.39, 0.29) is 16.3 Å². The molecule has 6 fully saturated rings. The van der Waals surface area contributed by atoms with Crippen LogP contribution in [0.1, 0.15) is 88.8 Å². The lowest BCUT2D eigenvalue weighted by molar-refractivity contribution is -0.0643. The average Bonchev–Trinajstić information content (AvgIpc) is 4.00. The highest BCUT2D eigenvalue weighted by Crippen LogP contribution is 2.46. The lowest BCUT2D eigenvalue weighted by Gasteiger charge is -2.56. The number of ketones is 1. The predicted molar refractivity (Wildman–Crippen MR) is 260 cm³/mol. The number of thiophene rings is 3. The summed E-state index contributed by atoms with van der Waals surface area (Å²) in [5.74, 6) is 1.53. The molecule has 12 rings (SSSR count). The van der Waals surface area contributed by atoms with E-state index < -0.39 is 15.2 Å². The molecule has 4 bridgehead atoms. The highest BCUT2D eigenvalue weighted by molar-refractivity contribution is 8.26. The first-order chi connectivity index (χ1) is 28.9. The molecule has 0 saturated carbocycles. The standard InChI is InChI=1S/C19H23NOS.C9H5ClOS.C9H18N2.C9H6O2S.Cl2OS/c1-19(2)15(13-7-9-20(19)10-8-13)12-16(21)18-11-14-5-3-4-6-17(14)22-18;10-9(11)8-5-6-3-1-2-4-7(6)12-8;1-9(2)8(10)7-3-5-11(9)6-4-7;10-9(11)8-5-6-3-1-2-4-7(6)12-8;1-4(2)3/h3-6,11,13,15H,7-10,12H2,1-2H3;1-5H;7-8H,3-6,10H2,1-2H3;1-5H,(H,10,11);. The minimum atomic E-state index is -1.67. The Kier molecular flexibility index (Phi) is 16.3. The number of fused-ring (bicyclic) bond motifs is 9. The third kappa shape index (κ3) is 11.7. The first-order valence-corrected chi connectivity index (χ1v) is 26.0. The molecular weight excluding hydrogens is 909 g/mol. The maximum absolute atomic E-state index is 12.8. The van der Waals surface area contributed by atoms with E-state index in [1.54, 1.807) is 17.4 Å². The largest absolute Gasteiger partial charge is 0.477 e. The zero-order valence-corrected chi connectivity index (χ0v) is 40.2. The Labute approximate surface area is 386 Å². The molecule has 6 aromatic rings. The Balaban J connectivity index is 0.000000138. The number of carboxylic acid groups (broad SMARTS) is 1. The number of piperidine rings is 6. The molecule has 2 atom stereocenters. The summed E-state index contributed by atoms with van der Waals surface area (Å²) in [4.78, 5) is 41.3. The van der Waals surface area contributed by atoms with Crippen LogP contribution in [0.15, 0.2) is 91.0 Å². The zero-order valence-electron chi connectivity index (χ0n) is 34.7. The predicted octanol–water partition coefficient (Wildman–Crippen LogP) is 12.3. The second-order valence-corrected chi connectivity index (χ2v) is 23.0. The van der Waals surface area contributed by atoms with Crippen molar-refractivity contribution in [3.63, 3.8) is 0 Å². The molecular formula is C46H52Cl3N3O5S4. The van der Waals surface area contributed by atoms with Crippen LogP contribution < -0.4 is 5.73 Å². The molecule has 3 N–H and O–H groups in total. The number of halogens is 3. The summed E-state index contributed by atoms with van der Waals surface area (Å²) in [7, 11) is 7.36. The van der Waals surface area contributed by atoms with Crippen LogP contribution in [0.25, 0.3) is 30.3 Å². The van der Waals surface area contributed by atoms with Crippen LogP contribution in [0.4, 0.5) is 0 Å². The van der Waals surface area contributed by atoms with Gasteiger partial charge in [0.1, 0.15) is 4.88 Å². The summed E-state index contributed by atoms with van der Waals surface area (Å²) in [6, 6.07) is 29.8. The van der Waals surface area contributed by atoms with Crippen molar-refractivity contribution >= 4 is 123 Å². The van der Waals surface area contributed by atoms with Gasteiger partial charge < -0.3 is 10.8 Å². The number of carbonyl (C=O) groups excluding carboxylic acids is 2. The van der Waals surface area contributed by atoms with E-state index in [1.807, 2.05) is 66.7 Å². The van der Waals surface area contributed by atoms with Gasteiger partial charge in [0.15, 0.2) is 5.78 Å². The molecule has 326 valence electrons. The number of Topliss-reactive ketones (excluding diaryl/α,β-unsaturated/α-hetero) is 1. The third-order valence-corrected chi connectivity index (χ3v) is 16.6. The van der Waals surface area contributed by atoms with E-state index in [1.165, 1.54) is 84.6 Å². The quantitative estimate of drug-likeness (QED) is 0.129. The molecule has 0 radical (unpaired) electrons. The Bertz CT molecular complexity index is 2290. The molecule has 3 aromatic heterocycles. The third-order valence-electron chi connectivity index (χ3n) is 12.9. The van der Waals surface area contributed by atoms with Crippen molar-refractivity contribution in [2.75, 3.05) is 26.2 Å². The van der Waals surface area contributed by atoms with Gasteiger partial charge in [-0.05, 0) is 161 Å². The number of hydrogen-bond acceptors (Lipinski definition) is 10. The number of nitrogens with zero attached hydrogens (tertiary/aromatic N) is 2. The van der Waals surface area contributed by atoms with Crippen LogP contribution >= 0.6 is 67.0 Å². The SMILES string of the molecule is CC1(C)C(CC(=O)c2cc3ccccc3s2)C2CCN1CC2.CC1(C)C(N)C2CCN1CC2.O=C(Cl)c1cc2ccccc2s1.O=C(O)c1cc2ccccc2s1.O=S(Cl)Cl. The van der Waals surface area contributed by atoms with E-state index in [2.05, 4.69) is 77.1 Å². The number of aromatic carboxylic acids is 1. The minimum absolute atomic E-state index is 0.174. The molecule has 2 unspecified atom stereocenters. The number of carboxylic acids is 1. The number of benzene rings is 3. The first-order valence-electron chi connectivity index (χ1n) is 20.4. The molecule has 6 aliphatic rings. The molecule has 15 heteroatoms. The van der Waals surface area contributed by atoms with Crippen LogP contribution in [0.3, 0.4) is 0 Å². The summed E-state index contributed by atoms with van der Waals surface area (Å²) in [5.41, 5.74) is 6.60. The summed E-state index contributed by atoms with van der Waals surface area (Å²) >= 11 is 9.73. The van der Waals surface area contributed by atoms with Gasteiger partial charge in [0.2, 0.25) is 9.23 Å². The van der Waals surface area contributed by atoms with Gasteiger partial charge in [0.25, 0.3) is 5.24 Å². The maximum atomic E-state index is 12.8. The van der Waals surface area contributed by atoms with Gasteiger partial charge in [-0.25, -0.2) is 9.00 Å². The number of nitrogens with two attached hydrogens (primary N) is 1. The monoisotopic (exact) mass is 959 g/mol. The van der Waals surface area contributed by atoms with Gasteiger partial charge in [-0.2, -0.15) is 0 Å². The molecule has 6 saturated heterocycles. The fourth-order valence-corrected chi connectivity index (χ4v) is 12.3. The van der Waals surface area contributed by atoms with Crippen LogP contribution in [-0.2, 0) is 9.23 Å². The lowest BCUT2D eigenvalue weighted by Crippen LogP contribution is -2.67. The Morgan fingerprint density at radius 2 is 1.05 bits per heavy atom. The fourth-order valence-electron chi connectivity index (χ4n) is 9.31. The van der Waals surface area contributed by atoms with E-state index in [9.17, 15) is 14.4 Å². The molecule has 3 aromatic carbocycles. The van der Waals surface area contributed by atoms with Crippen molar-refractivity contribution < 1.29 is 23.7 Å². The number of carbonyl (C=O) groups is 3. The van der Waals surface area contributed by atoms with Crippen molar-refractivity contribution in [2.45, 2.75) is 76.9 Å². The summed E-state index contributed by atoms with van der Waals surface area (Å²) in [6.45, 7) is 14.2. The van der Waals surface area contributed by atoms with Crippen molar-refractivity contribution in [1.29, 1.82) is 0 Å².